The number of carbonyl (C=O) groups is 3. The van der Waals surface area contributed by atoms with Crippen molar-refractivity contribution in [2.45, 2.75) is 18.8 Å². The van der Waals surface area contributed by atoms with Crippen LogP contribution in [0, 0.1) is 0 Å². The number of anilines is 1. The summed E-state index contributed by atoms with van der Waals surface area (Å²) in [5.74, 6) is -0.684. The molecule has 3 N–H and O–H groups in total. The van der Waals surface area contributed by atoms with Gasteiger partial charge in [0.2, 0.25) is 5.91 Å². The number of thiophene rings is 1. The highest BCUT2D eigenvalue weighted by Gasteiger charge is 2.18. The Kier molecular flexibility index (Phi) is 7.50. The molecule has 0 aliphatic rings. The zero-order valence-corrected chi connectivity index (χ0v) is 16.2. The monoisotopic (exact) mass is 412 g/mol. The first-order valence-electron chi connectivity index (χ1n) is 7.57. The normalized spacial score (nSPS) is 11.6. The number of hydrogen-bond acceptors (Lipinski definition) is 6. The van der Waals surface area contributed by atoms with Gasteiger partial charge in [-0.15, -0.1) is 23.1 Å². The third kappa shape index (κ3) is 6.36. The van der Waals surface area contributed by atoms with Crippen LogP contribution in [0.15, 0.2) is 36.4 Å². The van der Waals surface area contributed by atoms with Crippen molar-refractivity contribution in [3.05, 3.63) is 51.2 Å². The van der Waals surface area contributed by atoms with Crippen molar-refractivity contribution < 1.29 is 19.1 Å². The predicted octanol–water partition coefficient (Wildman–Crippen LogP) is 3.30. The van der Waals surface area contributed by atoms with Gasteiger partial charge in [0.15, 0.2) is 6.10 Å². The molecule has 9 heteroatoms. The van der Waals surface area contributed by atoms with Gasteiger partial charge in [0.1, 0.15) is 0 Å². The van der Waals surface area contributed by atoms with Crippen LogP contribution < -0.4 is 11.1 Å². The van der Waals surface area contributed by atoms with E-state index in [0.717, 1.165) is 4.88 Å². The summed E-state index contributed by atoms with van der Waals surface area (Å²) in [6.45, 7) is 1.49. The van der Waals surface area contributed by atoms with E-state index >= 15 is 0 Å². The summed E-state index contributed by atoms with van der Waals surface area (Å²) in [7, 11) is 0. The minimum absolute atomic E-state index is 0.139. The van der Waals surface area contributed by atoms with Crippen LogP contribution in [0.2, 0.25) is 4.34 Å². The number of primary amides is 1. The summed E-state index contributed by atoms with van der Waals surface area (Å²) in [5.41, 5.74) is 5.97. The molecule has 0 unspecified atom stereocenters. The van der Waals surface area contributed by atoms with Crippen LogP contribution in [0.5, 0.6) is 0 Å². The summed E-state index contributed by atoms with van der Waals surface area (Å²) >= 11 is 8.70. The van der Waals surface area contributed by atoms with Crippen molar-refractivity contribution in [3.63, 3.8) is 0 Å². The highest BCUT2D eigenvalue weighted by molar-refractivity contribution is 7.99. The summed E-state index contributed by atoms with van der Waals surface area (Å²) in [6, 6.07) is 9.82. The Morgan fingerprint density at radius 3 is 2.50 bits per heavy atom. The average molecular weight is 413 g/mol. The van der Waals surface area contributed by atoms with E-state index in [0.29, 0.717) is 21.3 Å². The number of rotatable bonds is 8. The van der Waals surface area contributed by atoms with E-state index in [1.54, 1.807) is 12.1 Å². The van der Waals surface area contributed by atoms with Gasteiger partial charge in [-0.3, -0.25) is 14.4 Å². The molecule has 0 fully saturated rings. The molecule has 0 bridgehead atoms. The molecule has 0 aliphatic heterocycles. The molecule has 0 saturated heterocycles. The van der Waals surface area contributed by atoms with Gasteiger partial charge in [-0.2, -0.15) is 0 Å². The number of amides is 2. The third-order valence-electron chi connectivity index (χ3n) is 3.21. The fourth-order valence-corrected chi connectivity index (χ4v) is 3.91. The summed E-state index contributed by atoms with van der Waals surface area (Å²) in [4.78, 5) is 36.0. The molecule has 0 aliphatic carbocycles. The Balaban J connectivity index is 1.74. The van der Waals surface area contributed by atoms with Crippen LogP contribution in [-0.4, -0.2) is 29.6 Å². The van der Waals surface area contributed by atoms with E-state index < -0.39 is 23.9 Å². The fraction of sp³-hybridized carbons (Fsp3) is 0.235. The highest BCUT2D eigenvalue weighted by atomic mass is 35.5. The van der Waals surface area contributed by atoms with Gasteiger partial charge in [-0.1, -0.05) is 11.6 Å². The number of thioether (sulfide) groups is 1. The molecule has 0 saturated carbocycles. The molecule has 2 amide bonds. The average Bonchev–Trinajstić information content (AvgIpc) is 3.00. The number of benzene rings is 1. The van der Waals surface area contributed by atoms with Gasteiger partial charge in [0.05, 0.1) is 10.1 Å². The van der Waals surface area contributed by atoms with Crippen LogP contribution in [0.1, 0.15) is 22.2 Å². The largest absolute Gasteiger partial charge is 0.452 e. The maximum atomic E-state index is 12.1. The number of hydrogen-bond donors (Lipinski definition) is 2. The van der Waals surface area contributed by atoms with E-state index in [1.807, 2.05) is 12.1 Å². The molecule has 2 rings (SSSR count). The van der Waals surface area contributed by atoms with Crippen LogP contribution in [0.3, 0.4) is 0 Å². The highest BCUT2D eigenvalue weighted by Crippen LogP contribution is 2.25. The van der Waals surface area contributed by atoms with Crippen LogP contribution >= 0.6 is 34.7 Å². The minimum atomic E-state index is -0.935. The summed E-state index contributed by atoms with van der Waals surface area (Å²) < 4.78 is 5.83. The van der Waals surface area contributed by atoms with Crippen molar-refractivity contribution in [2.24, 2.45) is 5.73 Å². The summed E-state index contributed by atoms with van der Waals surface area (Å²) in [5, 5.41) is 2.61. The lowest BCUT2D eigenvalue weighted by Gasteiger charge is -2.13. The lowest BCUT2D eigenvalue weighted by molar-refractivity contribution is -0.150. The Morgan fingerprint density at radius 1 is 1.23 bits per heavy atom. The molecular formula is C17H17ClN2O4S2. The molecule has 1 atom stereocenters. The smallest absolute Gasteiger partial charge is 0.316 e. The lowest BCUT2D eigenvalue weighted by atomic mass is 10.2. The van der Waals surface area contributed by atoms with E-state index in [-0.39, 0.29) is 5.75 Å². The Hall–Kier alpha value is -2.03. The topological polar surface area (TPSA) is 98.5 Å². The molecule has 138 valence electrons. The number of nitrogens with two attached hydrogens (primary N) is 1. The second-order valence-corrected chi connectivity index (χ2v) is 8.05. The van der Waals surface area contributed by atoms with E-state index in [4.69, 9.17) is 22.1 Å². The SMILES string of the molecule is C[C@@H](OC(=O)CSCc1ccc(Cl)s1)C(=O)Nc1ccc(C(N)=O)cc1. The van der Waals surface area contributed by atoms with Gasteiger partial charge in [0, 0.05) is 21.9 Å². The molecule has 6 nitrogen and oxygen atoms in total. The van der Waals surface area contributed by atoms with Crippen molar-refractivity contribution in [2.75, 3.05) is 11.1 Å². The van der Waals surface area contributed by atoms with Crippen molar-refractivity contribution in [1.29, 1.82) is 0 Å². The standard InChI is InChI=1S/C17H17ClN2O4S2/c1-10(17(23)20-12-4-2-11(3-5-12)16(19)22)24-15(21)9-25-8-13-6-7-14(18)26-13/h2-7,10H,8-9H2,1H3,(H2,19,22)(H,20,23)/t10-/m1/s1. The number of nitrogens with one attached hydrogen (secondary N) is 1. The lowest BCUT2D eigenvalue weighted by Crippen LogP contribution is -2.30. The molecule has 0 radical (unpaired) electrons. The molecule has 26 heavy (non-hydrogen) atoms. The first-order chi connectivity index (χ1) is 12.3. The van der Waals surface area contributed by atoms with Gasteiger partial charge < -0.3 is 15.8 Å². The van der Waals surface area contributed by atoms with Gasteiger partial charge >= 0.3 is 5.97 Å². The van der Waals surface area contributed by atoms with Crippen molar-refractivity contribution in [3.8, 4) is 0 Å². The second-order valence-electron chi connectivity index (χ2n) is 5.26. The molecule has 1 heterocycles. The van der Waals surface area contributed by atoms with Gasteiger partial charge in [-0.05, 0) is 43.3 Å². The first-order valence-corrected chi connectivity index (χ1v) is 9.92. The Bertz CT molecular complexity index is 792. The molecule has 0 spiro atoms. The van der Waals surface area contributed by atoms with E-state index in [9.17, 15) is 14.4 Å². The van der Waals surface area contributed by atoms with Crippen molar-refractivity contribution >= 4 is 58.2 Å². The molecular weight excluding hydrogens is 396 g/mol. The fourth-order valence-electron chi connectivity index (χ4n) is 1.91. The van der Waals surface area contributed by atoms with E-state index in [1.165, 1.54) is 42.2 Å². The predicted molar refractivity (Wildman–Crippen MR) is 105 cm³/mol. The van der Waals surface area contributed by atoms with Crippen LogP contribution in [0.25, 0.3) is 0 Å². The number of esters is 1. The van der Waals surface area contributed by atoms with Crippen molar-refractivity contribution in [1.82, 2.24) is 0 Å². The third-order valence-corrected chi connectivity index (χ3v) is 5.58. The number of halogens is 1. The molecule has 1 aromatic carbocycles. The Morgan fingerprint density at radius 2 is 1.92 bits per heavy atom. The molecule has 2 aromatic rings. The number of carbonyl (C=O) groups excluding carboxylic acids is 3. The van der Waals surface area contributed by atoms with Gasteiger partial charge in [0.25, 0.3) is 5.91 Å². The van der Waals surface area contributed by atoms with Crippen LogP contribution in [0.4, 0.5) is 5.69 Å². The molecule has 1 aromatic heterocycles. The second kappa shape index (κ2) is 9.61. The number of ether oxygens (including phenoxy) is 1. The maximum absolute atomic E-state index is 12.1. The first kappa shape index (κ1) is 20.3. The zero-order chi connectivity index (χ0) is 19.1. The quantitative estimate of drug-likeness (QED) is 0.648. The van der Waals surface area contributed by atoms with Gasteiger partial charge in [-0.25, -0.2) is 0 Å². The zero-order valence-electron chi connectivity index (χ0n) is 13.9. The van der Waals surface area contributed by atoms with E-state index in [2.05, 4.69) is 5.32 Å². The summed E-state index contributed by atoms with van der Waals surface area (Å²) in [6.07, 6.45) is -0.935. The minimum Gasteiger partial charge on any atom is -0.452 e. The maximum Gasteiger partial charge on any atom is 0.316 e. The Labute approximate surface area is 164 Å². The van der Waals surface area contributed by atoms with Crippen LogP contribution in [-0.2, 0) is 20.1 Å².